The molecule has 0 spiro atoms. The van der Waals surface area contributed by atoms with Gasteiger partial charge in [-0.25, -0.2) is 18.1 Å². The summed E-state index contributed by atoms with van der Waals surface area (Å²) in [6.07, 6.45) is 1.92. The van der Waals surface area contributed by atoms with Crippen molar-refractivity contribution in [2.45, 2.75) is 57.6 Å². The van der Waals surface area contributed by atoms with Gasteiger partial charge in [-0.05, 0) is 61.4 Å². The number of hydrogen-bond acceptors (Lipinski definition) is 7. The molecule has 210 valence electrons. The zero-order valence-electron chi connectivity index (χ0n) is 23.3. The largest absolute Gasteiger partial charge is 0.471 e. The predicted octanol–water partition coefficient (Wildman–Crippen LogP) is 4.27. The highest BCUT2D eigenvalue weighted by atomic mass is 32.2. The second-order valence-electron chi connectivity index (χ2n) is 11.8. The summed E-state index contributed by atoms with van der Waals surface area (Å²) in [5.41, 5.74) is 4.01. The van der Waals surface area contributed by atoms with Crippen molar-refractivity contribution >= 4 is 21.9 Å². The summed E-state index contributed by atoms with van der Waals surface area (Å²) in [6.45, 7) is 10.8. The van der Waals surface area contributed by atoms with Crippen molar-refractivity contribution in [1.29, 1.82) is 0 Å². The molecule has 40 heavy (non-hydrogen) atoms. The summed E-state index contributed by atoms with van der Waals surface area (Å²) in [5, 5.41) is 0. The van der Waals surface area contributed by atoms with Crippen LogP contribution < -0.4 is 9.46 Å². The average Bonchev–Trinajstić information content (AvgIpc) is 3.09. The van der Waals surface area contributed by atoms with Crippen molar-refractivity contribution in [3.63, 3.8) is 0 Å². The molecule has 3 aliphatic rings. The summed E-state index contributed by atoms with van der Waals surface area (Å²) < 4.78 is 35.9. The summed E-state index contributed by atoms with van der Waals surface area (Å²) in [4.78, 5) is 27.0. The Bertz CT molecular complexity index is 1570. The van der Waals surface area contributed by atoms with E-state index < -0.39 is 10.0 Å². The van der Waals surface area contributed by atoms with Crippen LogP contribution in [0, 0.1) is 19.3 Å². The zero-order chi connectivity index (χ0) is 28.2. The third kappa shape index (κ3) is 4.94. The molecule has 1 saturated heterocycles. The number of aromatic nitrogens is 2. The number of amides is 1. The van der Waals surface area contributed by atoms with Crippen LogP contribution in [0.15, 0.2) is 53.4 Å². The van der Waals surface area contributed by atoms with Gasteiger partial charge in [-0.2, -0.15) is 4.98 Å². The fourth-order valence-electron chi connectivity index (χ4n) is 6.27. The van der Waals surface area contributed by atoms with Gasteiger partial charge in [0.2, 0.25) is 11.8 Å². The molecular weight excluding hydrogens is 526 g/mol. The number of nitrogens with one attached hydrogen (secondary N) is 1. The highest BCUT2D eigenvalue weighted by molar-refractivity contribution is 7.92. The molecule has 1 unspecified atom stereocenters. The van der Waals surface area contributed by atoms with Crippen LogP contribution in [0.25, 0.3) is 11.3 Å². The van der Waals surface area contributed by atoms with Gasteiger partial charge in [0.1, 0.15) is 6.10 Å². The Hall–Kier alpha value is -3.50. The molecular formula is C30H35N5O4S. The molecule has 2 aliphatic heterocycles. The Kier molecular flexibility index (Phi) is 6.58. The van der Waals surface area contributed by atoms with E-state index in [1.54, 1.807) is 23.1 Å². The maximum atomic E-state index is 13.7. The van der Waals surface area contributed by atoms with Crippen LogP contribution in [-0.4, -0.2) is 72.4 Å². The van der Waals surface area contributed by atoms with E-state index in [4.69, 9.17) is 4.74 Å². The Morgan fingerprint density at radius 1 is 1.00 bits per heavy atom. The molecule has 10 heteroatoms. The number of carbonyl (C=O) groups is 1. The highest BCUT2D eigenvalue weighted by Crippen LogP contribution is 2.44. The normalized spacial score (nSPS) is 23.8. The smallest absolute Gasteiger partial charge is 0.264 e. The number of hydrogen-bond donors (Lipinski definition) is 1. The van der Waals surface area contributed by atoms with Crippen molar-refractivity contribution in [2.24, 2.45) is 5.41 Å². The van der Waals surface area contributed by atoms with Crippen LogP contribution in [-0.2, 0) is 10.0 Å². The van der Waals surface area contributed by atoms with Crippen LogP contribution in [0.1, 0.15) is 48.2 Å². The van der Waals surface area contributed by atoms with Gasteiger partial charge in [-0.15, -0.1) is 0 Å². The van der Waals surface area contributed by atoms with Crippen molar-refractivity contribution < 1.29 is 17.9 Å². The first-order valence-electron chi connectivity index (χ1n) is 13.8. The van der Waals surface area contributed by atoms with Gasteiger partial charge in [0, 0.05) is 42.9 Å². The van der Waals surface area contributed by atoms with Gasteiger partial charge in [0.05, 0.1) is 17.1 Å². The van der Waals surface area contributed by atoms with E-state index in [-0.39, 0.29) is 34.1 Å². The predicted molar refractivity (Wildman–Crippen MR) is 153 cm³/mol. The molecule has 6 rings (SSSR count). The molecule has 0 radical (unpaired) electrons. The van der Waals surface area contributed by atoms with Crippen LogP contribution in [0.2, 0.25) is 0 Å². The van der Waals surface area contributed by atoms with Gasteiger partial charge >= 0.3 is 0 Å². The molecule has 1 aliphatic carbocycles. The van der Waals surface area contributed by atoms with Gasteiger partial charge in [-0.3, -0.25) is 9.69 Å². The van der Waals surface area contributed by atoms with Crippen molar-refractivity contribution in [2.75, 3.05) is 30.9 Å². The quantitative estimate of drug-likeness (QED) is 0.498. The molecule has 2 atom stereocenters. The summed E-state index contributed by atoms with van der Waals surface area (Å²) in [6, 6.07) is 14.3. The topological polar surface area (TPSA) is 105 Å². The number of nitrogens with zero attached hydrogens (tertiary/aromatic N) is 4. The monoisotopic (exact) mass is 561 g/mol. The van der Waals surface area contributed by atoms with Gasteiger partial charge in [0.15, 0.2) is 0 Å². The minimum Gasteiger partial charge on any atom is -0.471 e. The van der Waals surface area contributed by atoms with Crippen LogP contribution >= 0.6 is 0 Å². The number of sulfonamides is 1. The number of fused-ring (bicyclic) bond motifs is 6. The molecule has 3 aromatic rings. The molecule has 9 nitrogen and oxygen atoms in total. The van der Waals surface area contributed by atoms with Gasteiger partial charge in [-0.1, -0.05) is 38.1 Å². The van der Waals surface area contributed by atoms with Crippen LogP contribution in [0.4, 0.5) is 5.95 Å². The summed E-state index contributed by atoms with van der Waals surface area (Å²) >= 11 is 0. The first-order chi connectivity index (χ1) is 19.0. The number of aryl methyl sites for hydroxylation is 2. The van der Waals surface area contributed by atoms with E-state index >= 15 is 0 Å². The SMILES string of the molecule is Cc1cccc(C)c1-c1cc2nc(n1)NS(=O)(=O)c1cccc(c1)C(=O)N1CCN(C3CCC3(C)C)C[C@H](C1)O2. The molecule has 1 aromatic heterocycles. The lowest BCUT2D eigenvalue weighted by molar-refractivity contribution is -0.0115. The first-order valence-corrected chi connectivity index (χ1v) is 15.3. The third-order valence-electron chi connectivity index (χ3n) is 8.56. The number of rotatable bonds is 2. The van der Waals surface area contributed by atoms with Crippen molar-refractivity contribution in [3.05, 3.63) is 65.2 Å². The number of carbonyl (C=O) groups excluding carboxylic acids is 1. The third-order valence-corrected chi connectivity index (χ3v) is 9.88. The standard InChI is InChI=1S/C30H35N5O4S/c1-19-7-5-8-20(2)27(19)24-16-26-32-29(31-24)33-40(37,38)23-10-6-9-21(15-23)28(36)35-14-13-34(17-22(18-35)39-26)25-11-12-30(25,3)4/h5-10,15-16,22,25H,11-14,17-18H2,1-4H3,(H,31,32,33)/t22-,25?/m1/s1. The first kappa shape index (κ1) is 26.7. The van der Waals surface area contributed by atoms with E-state index in [1.165, 1.54) is 18.6 Å². The Labute approximate surface area is 235 Å². The minimum atomic E-state index is -4.07. The lowest BCUT2D eigenvalue weighted by Gasteiger charge is -2.50. The summed E-state index contributed by atoms with van der Waals surface area (Å²) in [5.74, 6) is -0.0225. The summed E-state index contributed by atoms with van der Waals surface area (Å²) in [7, 11) is -4.07. The van der Waals surface area contributed by atoms with E-state index in [0.717, 1.165) is 29.7 Å². The maximum Gasteiger partial charge on any atom is 0.264 e. The number of benzene rings is 2. The second kappa shape index (κ2) is 9.85. The van der Waals surface area contributed by atoms with E-state index in [9.17, 15) is 13.2 Å². The van der Waals surface area contributed by atoms with Gasteiger partial charge in [0.25, 0.3) is 15.9 Å². The Balaban J connectivity index is 1.48. The molecule has 2 fully saturated rings. The fraction of sp³-hybridized carbons (Fsp3) is 0.433. The molecule has 1 saturated carbocycles. The average molecular weight is 562 g/mol. The van der Waals surface area contributed by atoms with Crippen LogP contribution in [0.5, 0.6) is 5.88 Å². The molecule has 1 amide bonds. The lowest BCUT2D eigenvalue weighted by atomic mass is 9.66. The zero-order valence-corrected chi connectivity index (χ0v) is 24.2. The number of anilines is 1. The Morgan fingerprint density at radius 2 is 1.75 bits per heavy atom. The van der Waals surface area contributed by atoms with Crippen LogP contribution in [0.3, 0.4) is 0 Å². The molecule has 2 aromatic carbocycles. The number of ether oxygens (including phenoxy) is 1. The Morgan fingerprint density at radius 3 is 2.45 bits per heavy atom. The van der Waals surface area contributed by atoms with Crippen molar-refractivity contribution in [1.82, 2.24) is 19.8 Å². The molecule has 3 heterocycles. The van der Waals surface area contributed by atoms with E-state index in [0.29, 0.717) is 36.9 Å². The van der Waals surface area contributed by atoms with E-state index in [2.05, 4.69) is 33.4 Å². The minimum absolute atomic E-state index is 0.0228. The fourth-order valence-corrected chi connectivity index (χ4v) is 7.26. The van der Waals surface area contributed by atoms with Crippen molar-refractivity contribution in [3.8, 4) is 17.1 Å². The molecule has 6 bridgehead atoms. The van der Waals surface area contributed by atoms with E-state index in [1.807, 2.05) is 32.0 Å². The molecule has 1 N–H and O–H groups in total. The highest BCUT2D eigenvalue weighted by Gasteiger charge is 2.44. The maximum absolute atomic E-state index is 13.7. The second-order valence-corrected chi connectivity index (χ2v) is 13.5. The lowest BCUT2D eigenvalue weighted by Crippen LogP contribution is -2.54. The van der Waals surface area contributed by atoms with Gasteiger partial charge < -0.3 is 9.64 Å².